The molecule has 2 rings (SSSR count). The monoisotopic (exact) mass is 376 g/mol. The van der Waals surface area contributed by atoms with Crippen molar-refractivity contribution >= 4 is 23.7 Å². The fourth-order valence-electron chi connectivity index (χ4n) is 2.09. The lowest BCUT2D eigenvalue weighted by Crippen LogP contribution is -2.33. The number of aromatic hydroxyl groups is 1. The normalized spacial score (nSPS) is 12.0. The lowest BCUT2D eigenvalue weighted by Gasteiger charge is -2.13. The second-order valence-corrected chi connectivity index (χ2v) is 5.97. The minimum atomic E-state index is -0.730. The molecule has 0 aliphatic rings. The SMILES string of the molecule is CCOc1cc(/C=N/NC(=O)[C@@H](C)Oc2ccc(Cl)c(C)c2)ccc1O. The Morgan fingerprint density at radius 2 is 2.12 bits per heavy atom. The van der Waals surface area contributed by atoms with Gasteiger partial charge in [0, 0.05) is 5.02 Å². The van der Waals surface area contributed by atoms with Crippen LogP contribution in [0.4, 0.5) is 0 Å². The summed E-state index contributed by atoms with van der Waals surface area (Å²) in [5.74, 6) is 0.571. The van der Waals surface area contributed by atoms with Crippen LogP contribution in [0.1, 0.15) is 25.0 Å². The van der Waals surface area contributed by atoms with Crippen LogP contribution in [0.5, 0.6) is 17.2 Å². The molecule has 0 heterocycles. The molecule has 0 aliphatic carbocycles. The largest absolute Gasteiger partial charge is 0.504 e. The van der Waals surface area contributed by atoms with Crippen LogP contribution in [-0.2, 0) is 4.79 Å². The van der Waals surface area contributed by atoms with Crippen molar-refractivity contribution in [3.05, 3.63) is 52.5 Å². The Labute approximate surface area is 157 Å². The summed E-state index contributed by atoms with van der Waals surface area (Å²) < 4.78 is 10.9. The van der Waals surface area contributed by atoms with Gasteiger partial charge in [-0.15, -0.1) is 0 Å². The average Bonchev–Trinajstić information content (AvgIpc) is 2.61. The molecule has 6 nitrogen and oxygen atoms in total. The number of hydrogen-bond donors (Lipinski definition) is 2. The number of amides is 1. The van der Waals surface area contributed by atoms with E-state index in [-0.39, 0.29) is 5.75 Å². The van der Waals surface area contributed by atoms with E-state index < -0.39 is 12.0 Å². The Hall–Kier alpha value is -2.73. The van der Waals surface area contributed by atoms with E-state index in [0.717, 1.165) is 5.56 Å². The Bertz CT molecular complexity index is 808. The molecular weight excluding hydrogens is 356 g/mol. The van der Waals surface area contributed by atoms with Gasteiger partial charge in [-0.1, -0.05) is 11.6 Å². The highest BCUT2D eigenvalue weighted by molar-refractivity contribution is 6.31. The van der Waals surface area contributed by atoms with Gasteiger partial charge >= 0.3 is 0 Å². The number of hydrazone groups is 1. The molecule has 0 saturated heterocycles. The summed E-state index contributed by atoms with van der Waals surface area (Å²) >= 11 is 5.97. The van der Waals surface area contributed by atoms with Crippen LogP contribution in [-0.4, -0.2) is 29.9 Å². The predicted molar refractivity (Wildman–Crippen MR) is 101 cm³/mol. The number of carbonyl (C=O) groups excluding carboxylic acids is 1. The van der Waals surface area contributed by atoms with E-state index in [2.05, 4.69) is 10.5 Å². The maximum Gasteiger partial charge on any atom is 0.280 e. The molecule has 0 aliphatic heterocycles. The Morgan fingerprint density at radius 3 is 2.81 bits per heavy atom. The summed E-state index contributed by atoms with van der Waals surface area (Å²) in [4.78, 5) is 12.1. The Balaban J connectivity index is 1.93. The van der Waals surface area contributed by atoms with Crippen LogP contribution in [0.3, 0.4) is 0 Å². The smallest absolute Gasteiger partial charge is 0.280 e. The minimum absolute atomic E-state index is 0.0494. The highest BCUT2D eigenvalue weighted by Crippen LogP contribution is 2.26. The number of phenols is 1. The fourth-order valence-corrected chi connectivity index (χ4v) is 2.21. The van der Waals surface area contributed by atoms with E-state index >= 15 is 0 Å². The molecular formula is C19H21ClN2O4. The molecule has 0 fully saturated rings. The van der Waals surface area contributed by atoms with Gasteiger partial charge < -0.3 is 14.6 Å². The average molecular weight is 377 g/mol. The van der Waals surface area contributed by atoms with Crippen LogP contribution in [0.25, 0.3) is 0 Å². The summed E-state index contributed by atoms with van der Waals surface area (Å²) in [6.07, 6.45) is 0.727. The number of rotatable bonds is 7. The molecule has 138 valence electrons. The number of aryl methyl sites for hydroxylation is 1. The van der Waals surface area contributed by atoms with E-state index in [1.165, 1.54) is 12.3 Å². The standard InChI is InChI=1S/C19H21ClN2O4/c1-4-25-18-10-14(5-8-17(18)23)11-21-22-19(24)13(3)26-15-6-7-16(20)12(2)9-15/h5-11,13,23H,4H2,1-3H3,(H,22,24)/b21-11+/t13-/m1/s1. The quantitative estimate of drug-likeness (QED) is 0.570. The maximum absolute atomic E-state index is 12.1. The van der Waals surface area contributed by atoms with Gasteiger partial charge in [0.1, 0.15) is 5.75 Å². The zero-order valence-electron chi connectivity index (χ0n) is 14.8. The third-order valence-corrected chi connectivity index (χ3v) is 3.91. The number of halogens is 1. The molecule has 0 radical (unpaired) electrons. The van der Waals surface area contributed by atoms with Crippen molar-refractivity contribution in [1.29, 1.82) is 0 Å². The van der Waals surface area contributed by atoms with Gasteiger partial charge in [-0.05, 0) is 68.3 Å². The second kappa shape index (κ2) is 9.10. The number of phenolic OH excluding ortho intramolecular Hbond substituents is 1. The molecule has 26 heavy (non-hydrogen) atoms. The number of nitrogens with zero attached hydrogens (tertiary/aromatic N) is 1. The first-order valence-electron chi connectivity index (χ1n) is 8.12. The molecule has 2 aromatic rings. The molecule has 0 bridgehead atoms. The zero-order valence-corrected chi connectivity index (χ0v) is 15.6. The molecule has 2 aromatic carbocycles. The number of benzene rings is 2. The van der Waals surface area contributed by atoms with Crippen molar-refractivity contribution in [1.82, 2.24) is 5.43 Å². The van der Waals surface area contributed by atoms with Gasteiger partial charge in [-0.25, -0.2) is 5.43 Å². The van der Waals surface area contributed by atoms with Gasteiger partial charge in [0.2, 0.25) is 0 Å². The summed E-state index contributed by atoms with van der Waals surface area (Å²) in [6, 6.07) is 9.97. The zero-order chi connectivity index (χ0) is 19.1. The van der Waals surface area contributed by atoms with E-state index in [1.54, 1.807) is 37.3 Å². The number of ether oxygens (including phenoxy) is 2. The molecule has 0 aromatic heterocycles. The first-order valence-corrected chi connectivity index (χ1v) is 8.50. The number of carbonyl (C=O) groups is 1. The summed E-state index contributed by atoms with van der Waals surface area (Å²) in [5.41, 5.74) is 3.96. The number of nitrogens with one attached hydrogen (secondary N) is 1. The first-order chi connectivity index (χ1) is 12.4. The van der Waals surface area contributed by atoms with E-state index in [4.69, 9.17) is 21.1 Å². The van der Waals surface area contributed by atoms with E-state index in [1.807, 2.05) is 13.8 Å². The third kappa shape index (κ3) is 5.39. The van der Waals surface area contributed by atoms with Crippen LogP contribution in [0.15, 0.2) is 41.5 Å². The van der Waals surface area contributed by atoms with Crippen LogP contribution in [0.2, 0.25) is 5.02 Å². The third-order valence-electron chi connectivity index (χ3n) is 3.48. The molecule has 7 heteroatoms. The molecule has 1 atom stereocenters. The van der Waals surface area contributed by atoms with E-state index in [0.29, 0.717) is 28.7 Å². The van der Waals surface area contributed by atoms with Crippen molar-refractivity contribution in [2.75, 3.05) is 6.61 Å². The number of hydrogen-bond acceptors (Lipinski definition) is 5. The van der Waals surface area contributed by atoms with Gasteiger partial charge in [0.25, 0.3) is 5.91 Å². The van der Waals surface area contributed by atoms with Gasteiger partial charge in [-0.2, -0.15) is 5.10 Å². The lowest BCUT2D eigenvalue weighted by molar-refractivity contribution is -0.127. The predicted octanol–water partition coefficient (Wildman–Crippen LogP) is 3.67. The molecule has 0 unspecified atom stereocenters. The first kappa shape index (κ1) is 19.6. The van der Waals surface area contributed by atoms with Crippen molar-refractivity contribution in [3.8, 4) is 17.2 Å². The van der Waals surface area contributed by atoms with Crippen LogP contribution >= 0.6 is 11.6 Å². The maximum atomic E-state index is 12.1. The van der Waals surface area contributed by atoms with Gasteiger partial charge in [0.05, 0.1) is 12.8 Å². The highest BCUT2D eigenvalue weighted by atomic mass is 35.5. The van der Waals surface area contributed by atoms with E-state index in [9.17, 15) is 9.90 Å². The summed E-state index contributed by atoms with van der Waals surface area (Å²) in [5, 5.41) is 14.2. The van der Waals surface area contributed by atoms with Crippen molar-refractivity contribution < 1.29 is 19.4 Å². The van der Waals surface area contributed by atoms with Gasteiger partial charge in [-0.3, -0.25) is 4.79 Å². The molecule has 0 spiro atoms. The summed E-state index contributed by atoms with van der Waals surface area (Å²) in [6.45, 7) is 5.74. The van der Waals surface area contributed by atoms with Crippen molar-refractivity contribution in [2.45, 2.75) is 26.9 Å². The van der Waals surface area contributed by atoms with Crippen LogP contribution in [0, 0.1) is 6.92 Å². The Morgan fingerprint density at radius 1 is 1.35 bits per heavy atom. The van der Waals surface area contributed by atoms with Crippen molar-refractivity contribution in [3.63, 3.8) is 0 Å². The topological polar surface area (TPSA) is 80.2 Å². The molecule has 2 N–H and O–H groups in total. The fraction of sp³-hybridized carbons (Fsp3) is 0.263. The van der Waals surface area contributed by atoms with Crippen LogP contribution < -0.4 is 14.9 Å². The summed E-state index contributed by atoms with van der Waals surface area (Å²) in [7, 11) is 0. The molecule has 0 saturated carbocycles. The highest BCUT2D eigenvalue weighted by Gasteiger charge is 2.14. The molecule has 1 amide bonds. The van der Waals surface area contributed by atoms with Gasteiger partial charge in [0.15, 0.2) is 17.6 Å². The Kier molecular flexibility index (Phi) is 6.86. The minimum Gasteiger partial charge on any atom is -0.504 e. The second-order valence-electron chi connectivity index (χ2n) is 5.57. The lowest BCUT2D eigenvalue weighted by atomic mass is 10.2. The van der Waals surface area contributed by atoms with Crippen molar-refractivity contribution in [2.24, 2.45) is 5.10 Å².